The monoisotopic (exact) mass is 347 g/mol. The molecule has 5 nitrogen and oxygen atoms in total. The molecule has 0 unspecified atom stereocenters. The Bertz CT molecular complexity index is 751. The number of aromatic nitrogens is 4. The molecule has 0 atom stereocenters. The minimum Gasteiger partial charge on any atom is -0.357 e. The van der Waals surface area contributed by atoms with Crippen molar-refractivity contribution in [3.05, 3.63) is 35.5 Å². The van der Waals surface area contributed by atoms with Crippen LogP contribution in [0.2, 0.25) is 0 Å². The Morgan fingerprint density at radius 3 is 3.05 bits per heavy atom. The maximum absolute atomic E-state index is 4.64. The Labute approximate surface area is 140 Å². The van der Waals surface area contributed by atoms with Gasteiger partial charge in [0.05, 0.1) is 11.4 Å². The number of pyridine rings is 1. The van der Waals surface area contributed by atoms with Crippen molar-refractivity contribution in [1.82, 2.24) is 20.2 Å². The van der Waals surface area contributed by atoms with Crippen LogP contribution in [0, 0.1) is 0 Å². The molecule has 22 heavy (non-hydrogen) atoms. The van der Waals surface area contributed by atoms with E-state index < -0.39 is 0 Å². The Morgan fingerprint density at radius 2 is 2.23 bits per heavy atom. The normalized spacial score (nSPS) is 14.2. The number of thiazole rings is 1. The molecule has 1 saturated carbocycles. The lowest BCUT2D eigenvalue weighted by molar-refractivity contribution is 0.994. The number of anilines is 1. The van der Waals surface area contributed by atoms with Crippen molar-refractivity contribution >= 4 is 39.6 Å². The molecule has 0 saturated heterocycles. The van der Waals surface area contributed by atoms with Crippen molar-refractivity contribution in [2.45, 2.75) is 29.0 Å². The second-order valence-corrected chi connectivity index (χ2v) is 8.00. The molecule has 1 fully saturated rings. The van der Waals surface area contributed by atoms with Crippen LogP contribution in [0.3, 0.4) is 0 Å². The summed E-state index contributed by atoms with van der Waals surface area (Å²) < 4.78 is 0.982. The summed E-state index contributed by atoms with van der Waals surface area (Å²) in [6, 6.07) is 6.49. The smallest absolute Gasteiger partial charge is 0.206 e. The zero-order valence-corrected chi connectivity index (χ0v) is 14.0. The van der Waals surface area contributed by atoms with Gasteiger partial charge in [-0.3, -0.25) is 4.98 Å². The highest BCUT2D eigenvalue weighted by molar-refractivity contribution is 8.00. The van der Waals surface area contributed by atoms with E-state index in [0.717, 1.165) is 31.6 Å². The molecule has 1 N–H and O–H groups in total. The largest absolute Gasteiger partial charge is 0.357 e. The van der Waals surface area contributed by atoms with Crippen LogP contribution in [-0.2, 0) is 5.75 Å². The molecule has 3 aromatic rings. The Morgan fingerprint density at radius 1 is 1.27 bits per heavy atom. The quantitative estimate of drug-likeness (QED) is 0.682. The predicted octanol–water partition coefficient (Wildman–Crippen LogP) is 3.92. The molecule has 3 aromatic heterocycles. The van der Waals surface area contributed by atoms with Gasteiger partial charge in [0.1, 0.15) is 5.01 Å². The van der Waals surface area contributed by atoms with Crippen molar-refractivity contribution in [3.63, 3.8) is 0 Å². The van der Waals surface area contributed by atoms with Gasteiger partial charge in [-0.2, -0.15) is 0 Å². The fraction of sp³-hybridized carbons (Fsp3) is 0.286. The summed E-state index contributed by atoms with van der Waals surface area (Å²) in [4.78, 5) is 8.97. The van der Waals surface area contributed by atoms with Crippen LogP contribution in [0.4, 0.5) is 5.13 Å². The maximum atomic E-state index is 4.64. The van der Waals surface area contributed by atoms with Gasteiger partial charge in [0.2, 0.25) is 5.13 Å². The summed E-state index contributed by atoms with van der Waals surface area (Å²) in [5, 5.41) is 15.7. The van der Waals surface area contributed by atoms with Gasteiger partial charge >= 0.3 is 0 Å². The molecular formula is C14H13N5S3. The molecule has 8 heteroatoms. The van der Waals surface area contributed by atoms with Crippen molar-refractivity contribution < 1.29 is 0 Å². The van der Waals surface area contributed by atoms with E-state index in [1.807, 2.05) is 18.2 Å². The van der Waals surface area contributed by atoms with Gasteiger partial charge in [0.25, 0.3) is 0 Å². The average molecular weight is 347 g/mol. The van der Waals surface area contributed by atoms with E-state index >= 15 is 0 Å². The fourth-order valence-electron chi connectivity index (χ4n) is 1.84. The summed E-state index contributed by atoms with van der Waals surface area (Å²) in [6.45, 7) is 0. The van der Waals surface area contributed by atoms with Gasteiger partial charge in [-0.25, -0.2) is 4.98 Å². The lowest BCUT2D eigenvalue weighted by atomic mass is 10.4. The highest BCUT2D eigenvalue weighted by atomic mass is 32.2. The SMILES string of the molecule is c1ccc(-c2nc(CSc3nnc(NC4CC4)s3)cs2)nc1. The number of hydrogen-bond acceptors (Lipinski definition) is 8. The maximum Gasteiger partial charge on any atom is 0.206 e. The summed E-state index contributed by atoms with van der Waals surface area (Å²) >= 11 is 4.92. The zero-order chi connectivity index (χ0) is 14.8. The molecule has 0 spiro atoms. The lowest BCUT2D eigenvalue weighted by Gasteiger charge is -1.95. The number of hydrogen-bond donors (Lipinski definition) is 1. The second-order valence-electron chi connectivity index (χ2n) is 4.94. The highest BCUT2D eigenvalue weighted by Crippen LogP contribution is 2.32. The average Bonchev–Trinajstić information content (AvgIpc) is 3.06. The van der Waals surface area contributed by atoms with Gasteiger partial charge < -0.3 is 5.32 Å². The molecule has 3 heterocycles. The predicted molar refractivity (Wildman–Crippen MR) is 91.5 cm³/mol. The van der Waals surface area contributed by atoms with Gasteiger partial charge in [-0.15, -0.1) is 21.5 Å². The zero-order valence-electron chi connectivity index (χ0n) is 11.6. The van der Waals surface area contributed by atoms with Gasteiger partial charge in [-0.1, -0.05) is 29.2 Å². The van der Waals surface area contributed by atoms with Crippen LogP contribution < -0.4 is 5.32 Å². The van der Waals surface area contributed by atoms with Gasteiger partial charge in [0.15, 0.2) is 4.34 Å². The van der Waals surface area contributed by atoms with E-state index in [4.69, 9.17) is 0 Å². The molecule has 112 valence electrons. The van der Waals surface area contributed by atoms with E-state index in [9.17, 15) is 0 Å². The second kappa shape index (κ2) is 6.31. The number of rotatable bonds is 6. The van der Waals surface area contributed by atoms with Gasteiger partial charge in [0, 0.05) is 23.4 Å². The summed E-state index contributed by atoms with van der Waals surface area (Å²) in [7, 11) is 0. The first-order valence-corrected chi connectivity index (χ1v) is 9.63. The van der Waals surface area contributed by atoms with Crippen LogP contribution in [0.15, 0.2) is 34.1 Å². The number of nitrogens with one attached hydrogen (secondary N) is 1. The van der Waals surface area contributed by atoms with Crippen LogP contribution >= 0.6 is 34.4 Å². The Kier molecular flexibility index (Phi) is 4.05. The van der Waals surface area contributed by atoms with Crippen LogP contribution in [0.25, 0.3) is 10.7 Å². The topological polar surface area (TPSA) is 63.6 Å². The van der Waals surface area contributed by atoms with Crippen LogP contribution in [0.1, 0.15) is 18.5 Å². The standard InChI is InChI=1S/C14H13N5S3/c1-2-6-15-11(3-1)12-16-10(7-20-12)8-21-14-19-18-13(22-14)17-9-4-5-9/h1-3,6-7,9H,4-5,8H2,(H,17,18). The van der Waals surface area contributed by atoms with Crippen LogP contribution in [0.5, 0.6) is 0 Å². The van der Waals surface area contributed by atoms with Crippen LogP contribution in [-0.4, -0.2) is 26.2 Å². The summed E-state index contributed by atoms with van der Waals surface area (Å²) in [6.07, 6.45) is 4.29. The van der Waals surface area contributed by atoms with E-state index in [2.05, 4.69) is 30.9 Å². The molecule has 1 aliphatic rings. The van der Waals surface area contributed by atoms with Gasteiger partial charge in [-0.05, 0) is 25.0 Å². The molecule has 0 bridgehead atoms. The molecule has 0 aliphatic heterocycles. The minimum absolute atomic E-state index is 0.616. The van der Waals surface area contributed by atoms with Crippen molar-refractivity contribution in [3.8, 4) is 10.7 Å². The minimum atomic E-state index is 0.616. The molecule has 0 amide bonds. The Balaban J connectivity index is 1.37. The Hall–Kier alpha value is -1.51. The molecular weight excluding hydrogens is 334 g/mol. The van der Waals surface area contributed by atoms with E-state index in [0.29, 0.717) is 6.04 Å². The first kappa shape index (κ1) is 14.1. The first-order valence-electron chi connectivity index (χ1n) is 6.95. The molecule has 1 aliphatic carbocycles. The molecule has 4 rings (SSSR count). The molecule has 0 radical (unpaired) electrons. The van der Waals surface area contributed by atoms with E-state index in [1.165, 1.54) is 12.8 Å². The van der Waals surface area contributed by atoms with E-state index in [-0.39, 0.29) is 0 Å². The fourth-order valence-corrected chi connectivity index (χ4v) is 4.47. The lowest BCUT2D eigenvalue weighted by Crippen LogP contribution is -1.99. The third kappa shape index (κ3) is 3.45. The third-order valence-corrected chi connectivity index (χ3v) is 6.03. The third-order valence-electron chi connectivity index (χ3n) is 3.09. The highest BCUT2D eigenvalue weighted by Gasteiger charge is 2.22. The number of thioether (sulfide) groups is 1. The molecule has 0 aromatic carbocycles. The number of nitrogens with zero attached hydrogens (tertiary/aromatic N) is 4. The summed E-state index contributed by atoms with van der Waals surface area (Å²) in [5.74, 6) is 0.807. The summed E-state index contributed by atoms with van der Waals surface area (Å²) in [5.41, 5.74) is 1.98. The van der Waals surface area contributed by atoms with Crippen molar-refractivity contribution in [1.29, 1.82) is 0 Å². The van der Waals surface area contributed by atoms with E-state index in [1.54, 1.807) is 40.6 Å². The van der Waals surface area contributed by atoms with Crippen molar-refractivity contribution in [2.24, 2.45) is 0 Å². The van der Waals surface area contributed by atoms with Crippen molar-refractivity contribution in [2.75, 3.05) is 5.32 Å². The first-order chi connectivity index (χ1) is 10.9.